The summed E-state index contributed by atoms with van der Waals surface area (Å²) in [6.07, 6.45) is 2.81. The lowest BCUT2D eigenvalue weighted by Gasteiger charge is -2.17. The molecule has 0 aliphatic heterocycles. The number of benzene rings is 1. The van der Waals surface area contributed by atoms with Gasteiger partial charge in [-0.05, 0) is 37.5 Å². The minimum atomic E-state index is -0.259. The van der Waals surface area contributed by atoms with Crippen molar-refractivity contribution in [2.75, 3.05) is 23.9 Å². The smallest absolute Gasteiger partial charge is 0.328 e. The second kappa shape index (κ2) is 8.01. The number of thioether (sulfide) groups is 1. The molecule has 0 radical (unpaired) electrons. The lowest BCUT2D eigenvalue weighted by atomic mass is 10.2. The van der Waals surface area contributed by atoms with Crippen molar-refractivity contribution in [2.45, 2.75) is 19.4 Å². The summed E-state index contributed by atoms with van der Waals surface area (Å²) < 4.78 is 5.06. The zero-order valence-electron chi connectivity index (χ0n) is 10.3. The average molecular weight is 253 g/mol. The Morgan fingerprint density at radius 1 is 1.41 bits per heavy atom. The van der Waals surface area contributed by atoms with Gasteiger partial charge in [-0.2, -0.15) is 11.8 Å². The van der Waals surface area contributed by atoms with Gasteiger partial charge < -0.3 is 10.1 Å². The van der Waals surface area contributed by atoms with Gasteiger partial charge in [0.15, 0.2) is 0 Å². The minimum absolute atomic E-state index is 0.176. The number of carbonyl (C=O) groups excluding carboxylic acids is 1. The van der Waals surface area contributed by atoms with E-state index in [9.17, 15) is 4.79 Å². The van der Waals surface area contributed by atoms with Gasteiger partial charge in [-0.15, -0.1) is 0 Å². The Balaban J connectivity index is 2.59. The molecule has 0 bridgehead atoms. The average Bonchev–Trinajstić information content (AvgIpc) is 2.36. The van der Waals surface area contributed by atoms with E-state index in [1.54, 1.807) is 11.8 Å². The molecule has 0 heterocycles. The molecule has 1 unspecified atom stereocenters. The largest absolute Gasteiger partial charge is 0.464 e. The van der Waals surface area contributed by atoms with Crippen LogP contribution in [0.5, 0.6) is 0 Å². The Morgan fingerprint density at radius 2 is 2.12 bits per heavy atom. The lowest BCUT2D eigenvalue weighted by molar-refractivity contribution is -0.144. The van der Waals surface area contributed by atoms with Gasteiger partial charge in [-0.3, -0.25) is 0 Å². The first-order valence-corrected chi connectivity index (χ1v) is 7.14. The molecule has 1 aromatic carbocycles. The van der Waals surface area contributed by atoms with Gasteiger partial charge in [-0.25, -0.2) is 4.79 Å². The van der Waals surface area contributed by atoms with Crippen molar-refractivity contribution in [2.24, 2.45) is 0 Å². The van der Waals surface area contributed by atoms with Gasteiger partial charge in [0, 0.05) is 5.69 Å². The molecule has 1 aromatic rings. The van der Waals surface area contributed by atoms with Crippen LogP contribution in [0, 0.1) is 0 Å². The fraction of sp³-hybridized carbons (Fsp3) is 0.462. The van der Waals surface area contributed by atoms with Gasteiger partial charge in [0.25, 0.3) is 0 Å². The first kappa shape index (κ1) is 13.9. The quantitative estimate of drug-likeness (QED) is 0.758. The molecule has 0 spiro atoms. The summed E-state index contributed by atoms with van der Waals surface area (Å²) in [6, 6.07) is 9.48. The molecule has 1 atom stereocenters. The fourth-order valence-electron chi connectivity index (χ4n) is 1.46. The van der Waals surface area contributed by atoms with Crippen molar-refractivity contribution in [3.8, 4) is 0 Å². The molecule has 0 aliphatic rings. The monoisotopic (exact) mass is 253 g/mol. The second-order valence-corrected chi connectivity index (χ2v) is 4.58. The number of para-hydroxylation sites is 1. The Bertz CT molecular complexity index is 329. The standard InChI is InChI=1S/C13H19NO2S/c1-3-16-13(15)12(9-10-17-2)14-11-7-5-4-6-8-11/h4-8,12,14H,3,9-10H2,1-2H3. The molecule has 17 heavy (non-hydrogen) atoms. The Hall–Kier alpha value is -1.16. The summed E-state index contributed by atoms with van der Waals surface area (Å²) in [5.41, 5.74) is 0.951. The fourth-order valence-corrected chi connectivity index (χ4v) is 1.93. The molecule has 0 saturated heterocycles. The predicted molar refractivity (Wildman–Crippen MR) is 73.5 cm³/mol. The third kappa shape index (κ3) is 5.13. The molecule has 4 heteroatoms. The van der Waals surface area contributed by atoms with Crippen LogP contribution in [0.3, 0.4) is 0 Å². The Labute approximate surface area is 107 Å². The molecule has 0 amide bonds. The van der Waals surface area contributed by atoms with Crippen LogP contribution in [-0.4, -0.2) is 30.6 Å². The summed E-state index contributed by atoms with van der Waals surface area (Å²) in [4.78, 5) is 11.8. The lowest BCUT2D eigenvalue weighted by Crippen LogP contribution is -2.32. The van der Waals surface area contributed by atoms with E-state index in [1.807, 2.05) is 43.5 Å². The van der Waals surface area contributed by atoms with Gasteiger partial charge >= 0.3 is 5.97 Å². The summed E-state index contributed by atoms with van der Waals surface area (Å²) in [5.74, 6) is 0.758. The molecule has 1 rings (SSSR count). The molecular formula is C13H19NO2S. The van der Waals surface area contributed by atoms with Crippen LogP contribution in [0.1, 0.15) is 13.3 Å². The van der Waals surface area contributed by atoms with E-state index in [1.165, 1.54) is 0 Å². The van der Waals surface area contributed by atoms with Crippen LogP contribution in [0.25, 0.3) is 0 Å². The maximum atomic E-state index is 11.8. The predicted octanol–water partition coefficient (Wildman–Crippen LogP) is 2.78. The van der Waals surface area contributed by atoms with Crippen molar-refractivity contribution < 1.29 is 9.53 Å². The summed E-state index contributed by atoms with van der Waals surface area (Å²) in [7, 11) is 0. The summed E-state index contributed by atoms with van der Waals surface area (Å²) >= 11 is 1.73. The van der Waals surface area contributed by atoms with Crippen LogP contribution in [0.4, 0.5) is 5.69 Å². The molecule has 0 aliphatic carbocycles. The highest BCUT2D eigenvalue weighted by atomic mass is 32.2. The molecule has 94 valence electrons. The maximum Gasteiger partial charge on any atom is 0.328 e. The number of rotatable bonds is 7. The van der Waals surface area contributed by atoms with E-state index in [4.69, 9.17) is 4.74 Å². The van der Waals surface area contributed by atoms with Crippen molar-refractivity contribution in [3.63, 3.8) is 0 Å². The van der Waals surface area contributed by atoms with Crippen LogP contribution in [0.15, 0.2) is 30.3 Å². The first-order valence-electron chi connectivity index (χ1n) is 5.75. The van der Waals surface area contributed by atoms with E-state index in [0.717, 1.165) is 17.9 Å². The van der Waals surface area contributed by atoms with Crippen molar-refractivity contribution in [3.05, 3.63) is 30.3 Å². The van der Waals surface area contributed by atoms with E-state index in [0.29, 0.717) is 6.61 Å². The Kier molecular flexibility index (Phi) is 6.55. The molecule has 0 fully saturated rings. The van der Waals surface area contributed by atoms with Gasteiger partial charge in [0.05, 0.1) is 6.61 Å². The van der Waals surface area contributed by atoms with Gasteiger partial charge in [0.1, 0.15) is 6.04 Å². The van der Waals surface area contributed by atoms with Crippen LogP contribution < -0.4 is 5.32 Å². The second-order valence-electron chi connectivity index (χ2n) is 3.60. The zero-order valence-corrected chi connectivity index (χ0v) is 11.1. The SMILES string of the molecule is CCOC(=O)C(CCSC)Nc1ccccc1. The van der Waals surface area contributed by atoms with E-state index >= 15 is 0 Å². The number of esters is 1. The van der Waals surface area contributed by atoms with Crippen molar-refractivity contribution in [1.82, 2.24) is 0 Å². The molecule has 1 N–H and O–H groups in total. The number of anilines is 1. The van der Waals surface area contributed by atoms with E-state index in [2.05, 4.69) is 5.32 Å². The first-order chi connectivity index (χ1) is 8.27. The molecule has 0 aromatic heterocycles. The topological polar surface area (TPSA) is 38.3 Å². The summed E-state index contributed by atoms with van der Waals surface area (Å²) in [6.45, 7) is 2.25. The van der Waals surface area contributed by atoms with Crippen molar-refractivity contribution in [1.29, 1.82) is 0 Å². The summed E-state index contributed by atoms with van der Waals surface area (Å²) in [5, 5.41) is 3.21. The third-order valence-corrected chi connectivity index (χ3v) is 2.94. The van der Waals surface area contributed by atoms with Gasteiger partial charge in [-0.1, -0.05) is 18.2 Å². The molecular weight excluding hydrogens is 234 g/mol. The minimum Gasteiger partial charge on any atom is -0.464 e. The number of hydrogen-bond donors (Lipinski definition) is 1. The van der Waals surface area contributed by atoms with Crippen LogP contribution >= 0.6 is 11.8 Å². The maximum absolute atomic E-state index is 11.8. The highest BCUT2D eigenvalue weighted by molar-refractivity contribution is 7.98. The number of carbonyl (C=O) groups is 1. The number of hydrogen-bond acceptors (Lipinski definition) is 4. The number of ether oxygens (including phenoxy) is 1. The highest BCUT2D eigenvalue weighted by Gasteiger charge is 2.18. The van der Waals surface area contributed by atoms with E-state index in [-0.39, 0.29) is 12.0 Å². The van der Waals surface area contributed by atoms with Gasteiger partial charge in [0.2, 0.25) is 0 Å². The number of nitrogens with one attached hydrogen (secondary N) is 1. The highest BCUT2D eigenvalue weighted by Crippen LogP contribution is 2.11. The molecule has 3 nitrogen and oxygen atoms in total. The Morgan fingerprint density at radius 3 is 2.71 bits per heavy atom. The van der Waals surface area contributed by atoms with E-state index < -0.39 is 0 Å². The third-order valence-electron chi connectivity index (χ3n) is 2.30. The van der Waals surface area contributed by atoms with Crippen LogP contribution in [0.2, 0.25) is 0 Å². The zero-order chi connectivity index (χ0) is 12.5. The van der Waals surface area contributed by atoms with Crippen LogP contribution in [-0.2, 0) is 9.53 Å². The van der Waals surface area contributed by atoms with Crippen molar-refractivity contribution >= 4 is 23.4 Å². The molecule has 0 saturated carbocycles. The normalized spacial score (nSPS) is 11.9.